The molecule has 0 radical (unpaired) electrons. The summed E-state index contributed by atoms with van der Waals surface area (Å²) in [6, 6.07) is 0. The van der Waals surface area contributed by atoms with E-state index in [1.165, 1.54) is 32.2 Å². The quantitative estimate of drug-likeness (QED) is 0.595. The highest BCUT2D eigenvalue weighted by molar-refractivity contribution is 4.53. The predicted molar refractivity (Wildman–Crippen MR) is 51.0 cm³/mol. The van der Waals surface area contributed by atoms with E-state index in [2.05, 4.69) is 27.9 Å². The van der Waals surface area contributed by atoms with E-state index in [0.29, 0.717) is 0 Å². The van der Waals surface area contributed by atoms with Gasteiger partial charge in [-0.3, -0.25) is 0 Å². The molecule has 0 aliphatic rings. The zero-order valence-electron chi connectivity index (χ0n) is 8.61. The molecule has 0 amide bonds. The van der Waals surface area contributed by atoms with Gasteiger partial charge >= 0.3 is 0 Å². The van der Waals surface area contributed by atoms with Gasteiger partial charge in [-0.2, -0.15) is 0 Å². The fourth-order valence-corrected chi connectivity index (χ4v) is 1.52. The molecule has 0 heterocycles. The summed E-state index contributed by atoms with van der Waals surface area (Å²) < 4.78 is 0. The molecule has 1 atom stereocenters. The van der Waals surface area contributed by atoms with Crippen molar-refractivity contribution in [3.63, 3.8) is 0 Å². The van der Waals surface area contributed by atoms with E-state index < -0.39 is 0 Å². The Labute approximate surface area is 71.8 Å². The molecule has 1 nitrogen and oxygen atoms in total. The van der Waals surface area contributed by atoms with Crippen LogP contribution in [0, 0.1) is 5.92 Å². The number of nitrogens with one attached hydrogen (secondary N) is 1. The van der Waals surface area contributed by atoms with Crippen molar-refractivity contribution in [1.82, 2.24) is 0 Å². The molecule has 0 rings (SSSR count). The zero-order valence-corrected chi connectivity index (χ0v) is 8.61. The Morgan fingerprint density at radius 1 is 1.18 bits per heavy atom. The van der Waals surface area contributed by atoms with Gasteiger partial charge in [0.2, 0.25) is 0 Å². The van der Waals surface area contributed by atoms with Crippen LogP contribution >= 0.6 is 0 Å². The average molecular weight is 158 g/mol. The van der Waals surface area contributed by atoms with Gasteiger partial charge in [-0.25, -0.2) is 0 Å². The molecule has 1 unspecified atom stereocenters. The van der Waals surface area contributed by atoms with E-state index >= 15 is 0 Å². The maximum atomic E-state index is 2.31. The molecule has 0 spiro atoms. The van der Waals surface area contributed by atoms with Crippen molar-refractivity contribution in [2.45, 2.75) is 39.5 Å². The molecule has 0 bridgehead atoms. The van der Waals surface area contributed by atoms with Crippen LogP contribution in [-0.2, 0) is 0 Å². The third-order valence-electron chi connectivity index (χ3n) is 2.24. The summed E-state index contributed by atoms with van der Waals surface area (Å²) in [7, 11) is 4.49. The molecule has 1 N–H and O–H groups in total. The maximum absolute atomic E-state index is 2.31. The van der Waals surface area contributed by atoms with Gasteiger partial charge in [-0.1, -0.05) is 26.7 Å². The summed E-state index contributed by atoms with van der Waals surface area (Å²) in [6.45, 7) is 5.93. The SMILES string of the molecule is CCCCC(CC)C[NH+](C)C. The van der Waals surface area contributed by atoms with Crippen LogP contribution in [0.5, 0.6) is 0 Å². The van der Waals surface area contributed by atoms with E-state index in [0.717, 1.165) is 5.92 Å². The average Bonchev–Trinajstić information content (AvgIpc) is 1.97. The molecular formula is C10H24N+. The first-order chi connectivity index (χ1) is 5.20. The standard InChI is InChI=1S/C10H23N/c1-5-7-8-10(6-2)9-11(3)4/h10H,5-9H2,1-4H3/p+1. The molecule has 1 heteroatoms. The second-order valence-electron chi connectivity index (χ2n) is 3.83. The van der Waals surface area contributed by atoms with Gasteiger partial charge in [0.1, 0.15) is 0 Å². The minimum Gasteiger partial charge on any atom is -0.340 e. The second-order valence-corrected chi connectivity index (χ2v) is 3.83. The molecule has 68 valence electrons. The predicted octanol–water partition coefficient (Wildman–Crippen LogP) is 1.35. The molecule has 0 fully saturated rings. The lowest BCUT2D eigenvalue weighted by atomic mass is 9.99. The van der Waals surface area contributed by atoms with E-state index in [9.17, 15) is 0 Å². The van der Waals surface area contributed by atoms with Crippen LogP contribution in [-0.4, -0.2) is 20.6 Å². The number of unbranched alkanes of at least 4 members (excludes halogenated alkanes) is 1. The first-order valence-corrected chi connectivity index (χ1v) is 4.99. The van der Waals surface area contributed by atoms with Gasteiger partial charge in [0.25, 0.3) is 0 Å². The van der Waals surface area contributed by atoms with Gasteiger partial charge in [0, 0.05) is 5.92 Å². The normalized spacial score (nSPS) is 13.9. The van der Waals surface area contributed by atoms with Crippen molar-refractivity contribution in [3.05, 3.63) is 0 Å². The second kappa shape index (κ2) is 6.66. The summed E-state index contributed by atoms with van der Waals surface area (Å²) in [4.78, 5) is 1.59. The largest absolute Gasteiger partial charge is 0.340 e. The van der Waals surface area contributed by atoms with Crippen LogP contribution < -0.4 is 4.90 Å². The molecular weight excluding hydrogens is 134 g/mol. The monoisotopic (exact) mass is 158 g/mol. The van der Waals surface area contributed by atoms with E-state index in [1.807, 2.05) is 0 Å². The van der Waals surface area contributed by atoms with Crippen LogP contribution in [0.2, 0.25) is 0 Å². The first kappa shape index (κ1) is 11.0. The van der Waals surface area contributed by atoms with Crippen molar-refractivity contribution in [1.29, 1.82) is 0 Å². The summed E-state index contributed by atoms with van der Waals surface area (Å²) in [5.41, 5.74) is 0. The van der Waals surface area contributed by atoms with Crippen LogP contribution in [0.15, 0.2) is 0 Å². The highest BCUT2D eigenvalue weighted by Crippen LogP contribution is 2.09. The molecule has 11 heavy (non-hydrogen) atoms. The minimum atomic E-state index is 0.958. The van der Waals surface area contributed by atoms with E-state index in [4.69, 9.17) is 0 Å². The topological polar surface area (TPSA) is 4.44 Å². The minimum absolute atomic E-state index is 0.958. The molecule has 0 aromatic rings. The summed E-state index contributed by atoms with van der Waals surface area (Å²) in [6.07, 6.45) is 5.54. The molecule has 0 aliphatic heterocycles. The zero-order chi connectivity index (χ0) is 8.69. The van der Waals surface area contributed by atoms with Gasteiger partial charge in [-0.15, -0.1) is 0 Å². The van der Waals surface area contributed by atoms with E-state index in [1.54, 1.807) is 4.90 Å². The van der Waals surface area contributed by atoms with E-state index in [-0.39, 0.29) is 0 Å². The van der Waals surface area contributed by atoms with Crippen LogP contribution in [0.3, 0.4) is 0 Å². The van der Waals surface area contributed by atoms with Crippen LogP contribution in [0.1, 0.15) is 39.5 Å². The Morgan fingerprint density at radius 2 is 1.82 bits per heavy atom. The van der Waals surface area contributed by atoms with Gasteiger partial charge in [-0.05, 0) is 12.8 Å². The molecule has 0 aromatic heterocycles. The Balaban J connectivity index is 3.41. The summed E-state index contributed by atoms with van der Waals surface area (Å²) in [5, 5.41) is 0. The molecule has 0 saturated heterocycles. The highest BCUT2D eigenvalue weighted by atomic mass is 15.1. The van der Waals surface area contributed by atoms with Gasteiger partial charge < -0.3 is 4.90 Å². The van der Waals surface area contributed by atoms with Crippen molar-refractivity contribution in [2.24, 2.45) is 5.92 Å². The number of rotatable bonds is 6. The molecule has 0 saturated carbocycles. The van der Waals surface area contributed by atoms with Gasteiger partial charge in [0.05, 0.1) is 20.6 Å². The Kier molecular flexibility index (Phi) is 6.63. The van der Waals surface area contributed by atoms with Crippen molar-refractivity contribution in [2.75, 3.05) is 20.6 Å². The first-order valence-electron chi connectivity index (χ1n) is 4.99. The van der Waals surface area contributed by atoms with Crippen LogP contribution in [0.25, 0.3) is 0 Å². The number of hydrogen-bond acceptors (Lipinski definition) is 0. The van der Waals surface area contributed by atoms with Crippen molar-refractivity contribution < 1.29 is 4.90 Å². The lowest BCUT2D eigenvalue weighted by Crippen LogP contribution is -3.06. The van der Waals surface area contributed by atoms with Crippen molar-refractivity contribution in [3.8, 4) is 0 Å². The Morgan fingerprint density at radius 3 is 2.18 bits per heavy atom. The molecule has 0 aromatic carbocycles. The fourth-order valence-electron chi connectivity index (χ4n) is 1.52. The third-order valence-corrected chi connectivity index (χ3v) is 2.24. The fraction of sp³-hybridized carbons (Fsp3) is 1.00. The van der Waals surface area contributed by atoms with Crippen LogP contribution in [0.4, 0.5) is 0 Å². The lowest BCUT2D eigenvalue weighted by molar-refractivity contribution is -0.862. The molecule has 0 aliphatic carbocycles. The Hall–Kier alpha value is -0.0400. The maximum Gasteiger partial charge on any atom is 0.0795 e. The summed E-state index contributed by atoms with van der Waals surface area (Å²) in [5.74, 6) is 0.958. The number of quaternary nitrogens is 1. The smallest absolute Gasteiger partial charge is 0.0795 e. The third kappa shape index (κ3) is 6.36. The summed E-state index contributed by atoms with van der Waals surface area (Å²) >= 11 is 0. The van der Waals surface area contributed by atoms with Crippen molar-refractivity contribution >= 4 is 0 Å². The highest BCUT2D eigenvalue weighted by Gasteiger charge is 2.08. The number of hydrogen-bond donors (Lipinski definition) is 1. The Bertz CT molecular complexity index is 78.9. The lowest BCUT2D eigenvalue weighted by Gasteiger charge is -2.16. The van der Waals surface area contributed by atoms with Gasteiger partial charge in [0.15, 0.2) is 0 Å².